The Morgan fingerprint density at radius 3 is 2.96 bits per heavy atom. The summed E-state index contributed by atoms with van der Waals surface area (Å²) < 4.78 is 4.42. The number of imidazole rings is 1. The molecule has 1 N–H and O–H groups in total. The third-order valence-electron chi connectivity index (χ3n) is 5.62. The van der Waals surface area contributed by atoms with Gasteiger partial charge in [0, 0.05) is 42.2 Å². The van der Waals surface area contributed by atoms with Crippen molar-refractivity contribution in [1.82, 2.24) is 19.3 Å². The molecule has 1 aliphatic heterocycles. The second-order valence-corrected chi connectivity index (χ2v) is 7.29. The summed E-state index contributed by atoms with van der Waals surface area (Å²) >= 11 is 0. The molecule has 4 heterocycles. The molecule has 4 aromatic rings. The van der Waals surface area contributed by atoms with E-state index >= 15 is 0 Å². The number of hydrogen-bond donors (Lipinski definition) is 1. The fourth-order valence-electron chi connectivity index (χ4n) is 4.34. The van der Waals surface area contributed by atoms with E-state index < -0.39 is 0 Å². The van der Waals surface area contributed by atoms with Crippen LogP contribution in [0.2, 0.25) is 0 Å². The summed E-state index contributed by atoms with van der Waals surface area (Å²) in [7, 11) is 0. The third-order valence-corrected chi connectivity index (χ3v) is 5.62. The van der Waals surface area contributed by atoms with Crippen molar-refractivity contribution in [3.63, 3.8) is 0 Å². The lowest BCUT2D eigenvalue weighted by Crippen LogP contribution is -2.21. The number of aryl methyl sites for hydroxylation is 2. The Morgan fingerprint density at radius 1 is 1.22 bits per heavy atom. The van der Waals surface area contributed by atoms with E-state index in [9.17, 15) is 4.79 Å². The minimum Gasteiger partial charge on any atom is -0.350 e. The number of amides is 1. The Hall–Kier alpha value is -3.08. The molecule has 3 aromatic heterocycles. The van der Waals surface area contributed by atoms with Crippen LogP contribution in [0.3, 0.4) is 0 Å². The predicted molar refractivity (Wildman–Crippen MR) is 106 cm³/mol. The maximum absolute atomic E-state index is 12.5. The summed E-state index contributed by atoms with van der Waals surface area (Å²) in [5.41, 5.74) is 6.62. The van der Waals surface area contributed by atoms with Crippen molar-refractivity contribution < 1.29 is 4.79 Å². The summed E-state index contributed by atoms with van der Waals surface area (Å²) in [5.74, 6) is 0.0574. The fourth-order valence-corrected chi connectivity index (χ4v) is 4.34. The molecule has 27 heavy (non-hydrogen) atoms. The van der Waals surface area contributed by atoms with Crippen molar-refractivity contribution in [3.8, 4) is 0 Å². The molecule has 0 aliphatic carbocycles. The molecule has 136 valence electrons. The Morgan fingerprint density at radius 2 is 2.11 bits per heavy atom. The predicted octanol–water partition coefficient (Wildman–Crippen LogP) is 3.77. The van der Waals surface area contributed by atoms with Gasteiger partial charge in [0.15, 0.2) is 0 Å². The van der Waals surface area contributed by atoms with Gasteiger partial charge in [0.1, 0.15) is 5.65 Å². The standard InChI is InChI=1S/C22H22N4O/c1-3-25-10-9-16-15(5-4-6-19(16)25)17-11-21(27)23-12-18-22(17)26-13-14(2)7-8-20(26)24-18/h4-10,13,17H,3,11-12H2,1-2H3,(H,23,27)/t17-/m0/s1. The third kappa shape index (κ3) is 2.46. The summed E-state index contributed by atoms with van der Waals surface area (Å²) in [6.07, 6.45) is 4.69. The summed E-state index contributed by atoms with van der Waals surface area (Å²) in [5, 5.41) is 4.24. The van der Waals surface area contributed by atoms with Gasteiger partial charge in [-0.15, -0.1) is 0 Å². The molecule has 1 amide bonds. The second-order valence-electron chi connectivity index (χ2n) is 7.29. The van der Waals surface area contributed by atoms with Gasteiger partial charge in [-0.25, -0.2) is 4.98 Å². The van der Waals surface area contributed by atoms with E-state index in [1.165, 1.54) is 22.0 Å². The van der Waals surface area contributed by atoms with Crippen LogP contribution in [-0.2, 0) is 17.9 Å². The number of nitrogens with one attached hydrogen (secondary N) is 1. The van der Waals surface area contributed by atoms with E-state index in [4.69, 9.17) is 4.98 Å². The number of nitrogens with zero attached hydrogens (tertiary/aromatic N) is 3. The number of pyridine rings is 1. The van der Waals surface area contributed by atoms with Crippen LogP contribution < -0.4 is 5.32 Å². The van der Waals surface area contributed by atoms with Gasteiger partial charge in [0.25, 0.3) is 0 Å². The molecule has 1 aliphatic rings. The molecular weight excluding hydrogens is 336 g/mol. The molecule has 5 rings (SSSR count). The molecular formula is C22H22N4O. The van der Waals surface area contributed by atoms with E-state index in [1.54, 1.807) is 0 Å². The summed E-state index contributed by atoms with van der Waals surface area (Å²) in [6.45, 7) is 5.65. The minimum atomic E-state index is -0.0179. The normalized spacial score (nSPS) is 17.1. The van der Waals surface area contributed by atoms with Crippen molar-refractivity contribution in [1.29, 1.82) is 0 Å². The molecule has 0 saturated carbocycles. The highest BCUT2D eigenvalue weighted by Gasteiger charge is 2.30. The Kier molecular flexibility index (Phi) is 3.57. The fraction of sp³-hybridized carbons (Fsp3) is 0.273. The number of aromatic nitrogens is 3. The molecule has 1 atom stereocenters. The zero-order chi connectivity index (χ0) is 18.5. The highest BCUT2D eigenvalue weighted by atomic mass is 16.1. The number of fused-ring (bicyclic) bond motifs is 4. The first kappa shape index (κ1) is 16.1. The molecule has 0 bridgehead atoms. The number of hydrogen-bond acceptors (Lipinski definition) is 2. The summed E-state index contributed by atoms with van der Waals surface area (Å²) in [4.78, 5) is 17.3. The second kappa shape index (κ2) is 5.98. The molecule has 0 fully saturated rings. The number of rotatable bonds is 2. The van der Waals surface area contributed by atoms with Crippen molar-refractivity contribution in [2.45, 2.75) is 39.3 Å². The maximum atomic E-state index is 12.5. The van der Waals surface area contributed by atoms with Gasteiger partial charge >= 0.3 is 0 Å². The summed E-state index contributed by atoms with van der Waals surface area (Å²) in [6, 6.07) is 12.7. The van der Waals surface area contributed by atoms with Crippen LogP contribution in [-0.4, -0.2) is 19.9 Å². The lowest BCUT2D eigenvalue weighted by atomic mass is 9.89. The average molecular weight is 358 g/mol. The van der Waals surface area contributed by atoms with Gasteiger partial charge < -0.3 is 14.3 Å². The van der Waals surface area contributed by atoms with Crippen LogP contribution in [0.5, 0.6) is 0 Å². The first-order chi connectivity index (χ1) is 13.2. The molecule has 1 aromatic carbocycles. The van der Waals surface area contributed by atoms with Gasteiger partial charge in [-0.3, -0.25) is 4.79 Å². The number of benzene rings is 1. The highest BCUT2D eigenvalue weighted by Crippen LogP contribution is 2.37. The van der Waals surface area contributed by atoms with E-state index in [-0.39, 0.29) is 11.8 Å². The van der Waals surface area contributed by atoms with Gasteiger partial charge in [-0.05, 0) is 43.2 Å². The van der Waals surface area contributed by atoms with Gasteiger partial charge in [0.05, 0.1) is 17.9 Å². The minimum absolute atomic E-state index is 0.0179. The first-order valence-electron chi connectivity index (χ1n) is 9.47. The average Bonchev–Trinajstić information content (AvgIpc) is 3.20. The molecule has 0 unspecified atom stereocenters. The monoisotopic (exact) mass is 358 g/mol. The lowest BCUT2D eigenvalue weighted by molar-refractivity contribution is -0.121. The van der Waals surface area contributed by atoms with Crippen molar-refractivity contribution in [3.05, 3.63) is 71.3 Å². The SMILES string of the molecule is CCn1ccc2c([C@@H]3CC(=O)NCc4nc5ccc(C)cn5c43)cccc21. The van der Waals surface area contributed by atoms with Gasteiger partial charge in [-0.2, -0.15) is 0 Å². The van der Waals surface area contributed by atoms with Crippen LogP contribution in [0.4, 0.5) is 0 Å². The zero-order valence-electron chi connectivity index (χ0n) is 15.6. The largest absolute Gasteiger partial charge is 0.350 e. The van der Waals surface area contributed by atoms with Crippen molar-refractivity contribution in [2.24, 2.45) is 0 Å². The van der Waals surface area contributed by atoms with Crippen LogP contribution in [0.25, 0.3) is 16.6 Å². The molecule has 5 nitrogen and oxygen atoms in total. The maximum Gasteiger partial charge on any atom is 0.221 e. The Balaban J connectivity index is 1.80. The van der Waals surface area contributed by atoms with E-state index in [0.717, 1.165) is 23.6 Å². The van der Waals surface area contributed by atoms with Gasteiger partial charge in [0.2, 0.25) is 5.91 Å². The van der Waals surface area contributed by atoms with Crippen LogP contribution in [0.15, 0.2) is 48.8 Å². The molecule has 0 spiro atoms. The number of carbonyl (C=O) groups excluding carboxylic acids is 1. The molecule has 5 heteroatoms. The number of carbonyl (C=O) groups is 1. The van der Waals surface area contributed by atoms with E-state index in [0.29, 0.717) is 13.0 Å². The van der Waals surface area contributed by atoms with Crippen LogP contribution >= 0.6 is 0 Å². The Labute approximate surface area is 157 Å². The van der Waals surface area contributed by atoms with Crippen molar-refractivity contribution in [2.75, 3.05) is 0 Å². The highest BCUT2D eigenvalue weighted by molar-refractivity contribution is 5.86. The van der Waals surface area contributed by atoms with Gasteiger partial charge in [-0.1, -0.05) is 18.2 Å². The molecule has 0 radical (unpaired) electrons. The Bertz CT molecular complexity index is 1180. The van der Waals surface area contributed by atoms with E-state index in [2.05, 4.69) is 76.9 Å². The van der Waals surface area contributed by atoms with Crippen LogP contribution in [0, 0.1) is 6.92 Å². The zero-order valence-corrected chi connectivity index (χ0v) is 15.6. The lowest BCUT2D eigenvalue weighted by Gasteiger charge is -2.17. The smallest absolute Gasteiger partial charge is 0.221 e. The molecule has 0 saturated heterocycles. The topological polar surface area (TPSA) is 51.3 Å². The van der Waals surface area contributed by atoms with Crippen molar-refractivity contribution >= 4 is 22.5 Å². The quantitative estimate of drug-likeness (QED) is 0.593. The van der Waals surface area contributed by atoms with E-state index in [1.807, 2.05) is 0 Å². The van der Waals surface area contributed by atoms with Crippen LogP contribution in [0.1, 0.15) is 41.8 Å². The first-order valence-corrected chi connectivity index (χ1v) is 9.47.